The van der Waals surface area contributed by atoms with Crippen LogP contribution in [-0.4, -0.2) is 26.0 Å². The standard InChI is InChI=1S/C25H20F2N6OS/c1-4-13(2)34-16-7-14-5-6-30-22(21(14)31-11-16)32-15-8-17(20(27)18(26)9-15)24(3)19-10-25(19,12-28)35-23(29)33-24/h1,5-9,11,13,19H,10H2,2-3H3,(H2,29,33)(H,30,32)/t13-,19-,24+,25+/m0/s1. The van der Waals surface area contributed by atoms with Crippen LogP contribution in [0.3, 0.4) is 0 Å². The summed E-state index contributed by atoms with van der Waals surface area (Å²) in [4.78, 5) is 13.2. The lowest BCUT2D eigenvalue weighted by Crippen LogP contribution is -2.35. The number of amidine groups is 1. The van der Waals surface area contributed by atoms with Gasteiger partial charge in [0.2, 0.25) is 0 Å². The van der Waals surface area contributed by atoms with Crippen LogP contribution < -0.4 is 15.8 Å². The lowest BCUT2D eigenvalue weighted by Gasteiger charge is -2.32. The van der Waals surface area contributed by atoms with Gasteiger partial charge in [-0.1, -0.05) is 17.7 Å². The molecule has 0 unspecified atom stereocenters. The molecule has 0 spiro atoms. The molecule has 2 aromatic heterocycles. The zero-order chi connectivity index (χ0) is 25.0. The second-order valence-electron chi connectivity index (χ2n) is 8.73. The summed E-state index contributed by atoms with van der Waals surface area (Å²) in [5.74, 6) is 0.979. The van der Waals surface area contributed by atoms with Crippen molar-refractivity contribution in [3.8, 4) is 24.2 Å². The van der Waals surface area contributed by atoms with Gasteiger partial charge in [0.05, 0.1) is 17.8 Å². The van der Waals surface area contributed by atoms with Crippen LogP contribution in [0.15, 0.2) is 41.7 Å². The lowest BCUT2D eigenvalue weighted by molar-refractivity contribution is 0.278. The zero-order valence-corrected chi connectivity index (χ0v) is 19.7. The third kappa shape index (κ3) is 3.80. The number of nitriles is 1. The van der Waals surface area contributed by atoms with Gasteiger partial charge in [-0.15, -0.1) is 6.42 Å². The fourth-order valence-corrected chi connectivity index (χ4v) is 5.80. The highest BCUT2D eigenvalue weighted by molar-refractivity contribution is 8.15. The molecule has 2 aliphatic rings. The van der Waals surface area contributed by atoms with Crippen LogP contribution in [0.1, 0.15) is 25.8 Å². The Kier molecular flexibility index (Phi) is 5.30. The Balaban J connectivity index is 1.53. The first kappa shape index (κ1) is 22.9. The summed E-state index contributed by atoms with van der Waals surface area (Å²) in [5, 5.41) is 13.6. The topological polar surface area (TPSA) is 109 Å². The number of nitrogens with two attached hydrogens (primary N) is 1. The van der Waals surface area contributed by atoms with Crippen molar-refractivity contribution in [3.63, 3.8) is 0 Å². The highest BCUT2D eigenvalue weighted by Gasteiger charge is 2.67. The molecule has 1 aromatic carbocycles. The van der Waals surface area contributed by atoms with Gasteiger partial charge in [0.15, 0.2) is 28.7 Å². The molecular formula is C25H20F2N6OS. The Bertz CT molecular complexity index is 1480. The van der Waals surface area contributed by atoms with Gasteiger partial charge in [0.25, 0.3) is 0 Å². The summed E-state index contributed by atoms with van der Waals surface area (Å²) < 4.78 is 34.7. The predicted octanol–water partition coefficient (Wildman–Crippen LogP) is 4.61. The third-order valence-electron chi connectivity index (χ3n) is 6.36. The summed E-state index contributed by atoms with van der Waals surface area (Å²) in [6.07, 6.45) is 8.53. The number of fused-ring (bicyclic) bond motifs is 2. The van der Waals surface area contributed by atoms with Gasteiger partial charge >= 0.3 is 0 Å². The molecule has 1 fully saturated rings. The number of nitrogens with one attached hydrogen (secondary N) is 1. The number of aromatic nitrogens is 2. The van der Waals surface area contributed by atoms with Gasteiger partial charge in [0.1, 0.15) is 16.0 Å². The molecule has 1 saturated carbocycles. The second kappa shape index (κ2) is 8.10. The SMILES string of the molecule is C#C[C@H](C)Oc1cnc2c(Nc3cc(F)c(F)c([C@@]4(C)N=C(N)S[C@@]5(C#N)C[C@H]54)c3)nccc2c1. The third-order valence-corrected chi connectivity index (χ3v) is 7.57. The number of pyridine rings is 2. The molecule has 3 N–H and O–H groups in total. The van der Waals surface area contributed by atoms with Crippen molar-refractivity contribution in [3.05, 3.63) is 53.9 Å². The number of aliphatic imine (C=N–C) groups is 1. The van der Waals surface area contributed by atoms with Crippen molar-refractivity contribution in [2.24, 2.45) is 16.6 Å². The van der Waals surface area contributed by atoms with Gasteiger partial charge in [-0.25, -0.2) is 18.7 Å². The molecule has 3 heterocycles. The molecule has 1 aliphatic heterocycles. The van der Waals surface area contributed by atoms with Gasteiger partial charge < -0.3 is 15.8 Å². The number of rotatable bonds is 5. The van der Waals surface area contributed by atoms with Gasteiger partial charge in [-0.05, 0) is 38.5 Å². The summed E-state index contributed by atoms with van der Waals surface area (Å²) in [7, 11) is 0. The maximum absolute atomic E-state index is 15.1. The van der Waals surface area contributed by atoms with Gasteiger partial charge in [0, 0.05) is 34.8 Å². The van der Waals surface area contributed by atoms with Crippen molar-refractivity contribution in [2.75, 3.05) is 5.32 Å². The van der Waals surface area contributed by atoms with E-state index in [1.807, 2.05) is 0 Å². The molecule has 35 heavy (non-hydrogen) atoms. The number of nitrogens with zero attached hydrogens (tertiary/aromatic N) is 4. The number of hydrogen-bond acceptors (Lipinski definition) is 8. The van der Waals surface area contributed by atoms with E-state index in [0.717, 1.165) is 11.5 Å². The summed E-state index contributed by atoms with van der Waals surface area (Å²) in [6, 6.07) is 8.32. The minimum atomic E-state index is -1.18. The van der Waals surface area contributed by atoms with Crippen LogP contribution in [0.25, 0.3) is 10.9 Å². The van der Waals surface area contributed by atoms with Crippen molar-refractivity contribution in [1.29, 1.82) is 5.26 Å². The molecule has 0 radical (unpaired) electrons. The van der Waals surface area contributed by atoms with Crippen molar-refractivity contribution < 1.29 is 13.5 Å². The first-order valence-electron chi connectivity index (χ1n) is 10.8. The predicted molar refractivity (Wildman–Crippen MR) is 131 cm³/mol. The van der Waals surface area contributed by atoms with E-state index >= 15 is 4.39 Å². The van der Waals surface area contributed by atoms with Crippen molar-refractivity contribution in [2.45, 2.75) is 36.7 Å². The highest BCUT2D eigenvalue weighted by atomic mass is 32.2. The summed E-state index contributed by atoms with van der Waals surface area (Å²) in [6.45, 7) is 3.43. The molecule has 3 aromatic rings. The number of thioether (sulfide) groups is 1. The largest absolute Gasteiger partial charge is 0.476 e. The molecule has 4 atom stereocenters. The number of hydrogen-bond donors (Lipinski definition) is 2. The van der Waals surface area contributed by atoms with Crippen LogP contribution in [0.4, 0.5) is 20.3 Å². The molecule has 5 rings (SSSR count). The lowest BCUT2D eigenvalue weighted by atomic mass is 9.85. The number of ether oxygens (including phenoxy) is 1. The quantitative estimate of drug-likeness (QED) is 0.503. The van der Waals surface area contributed by atoms with E-state index in [9.17, 15) is 9.65 Å². The minimum Gasteiger partial charge on any atom is -0.476 e. The Morgan fingerprint density at radius 1 is 1.34 bits per heavy atom. The Morgan fingerprint density at radius 3 is 2.89 bits per heavy atom. The van der Waals surface area contributed by atoms with E-state index in [2.05, 4.69) is 32.3 Å². The monoisotopic (exact) mass is 490 g/mol. The maximum Gasteiger partial charge on any atom is 0.164 e. The number of terminal acetylenes is 1. The van der Waals surface area contributed by atoms with E-state index in [1.165, 1.54) is 24.0 Å². The Labute approximate surface area is 204 Å². The molecule has 10 heteroatoms. The first-order chi connectivity index (χ1) is 16.7. The van der Waals surface area contributed by atoms with Gasteiger partial charge in [-0.3, -0.25) is 4.99 Å². The van der Waals surface area contributed by atoms with E-state index in [1.54, 1.807) is 32.2 Å². The Morgan fingerprint density at radius 2 is 2.14 bits per heavy atom. The molecule has 176 valence electrons. The number of anilines is 2. The van der Waals surface area contributed by atoms with Crippen molar-refractivity contribution >= 4 is 39.3 Å². The smallest absolute Gasteiger partial charge is 0.164 e. The average molecular weight is 491 g/mol. The number of benzene rings is 1. The van der Waals surface area contributed by atoms with Crippen LogP contribution in [0, 0.1) is 41.2 Å². The average Bonchev–Trinajstić information content (AvgIpc) is 3.57. The first-order valence-corrected chi connectivity index (χ1v) is 11.6. The van der Waals surface area contributed by atoms with Gasteiger partial charge in [-0.2, -0.15) is 5.26 Å². The highest BCUT2D eigenvalue weighted by Crippen LogP contribution is 2.65. The normalized spacial score (nSPS) is 25.5. The zero-order valence-electron chi connectivity index (χ0n) is 18.8. The van der Waals surface area contributed by atoms with E-state index in [-0.39, 0.29) is 22.3 Å². The van der Waals surface area contributed by atoms with E-state index in [0.29, 0.717) is 23.5 Å². The fraction of sp³-hybridized carbons (Fsp3) is 0.280. The molecule has 1 aliphatic carbocycles. The van der Waals surface area contributed by atoms with Crippen LogP contribution in [-0.2, 0) is 5.54 Å². The second-order valence-corrected chi connectivity index (χ2v) is 10.1. The molecule has 7 nitrogen and oxygen atoms in total. The van der Waals surface area contributed by atoms with Crippen LogP contribution in [0.2, 0.25) is 0 Å². The van der Waals surface area contributed by atoms with E-state index in [4.69, 9.17) is 16.9 Å². The fourth-order valence-electron chi connectivity index (χ4n) is 4.52. The summed E-state index contributed by atoms with van der Waals surface area (Å²) >= 11 is 1.18. The maximum atomic E-state index is 15.1. The molecule has 0 bridgehead atoms. The van der Waals surface area contributed by atoms with Crippen LogP contribution in [0.5, 0.6) is 5.75 Å². The summed E-state index contributed by atoms with van der Waals surface area (Å²) in [5.41, 5.74) is 5.59. The molecule has 0 amide bonds. The molecule has 0 saturated heterocycles. The minimum absolute atomic E-state index is 0.0255. The van der Waals surface area contributed by atoms with Crippen LogP contribution >= 0.6 is 11.8 Å². The number of halogens is 2. The van der Waals surface area contributed by atoms with Crippen molar-refractivity contribution in [1.82, 2.24) is 9.97 Å². The van der Waals surface area contributed by atoms with E-state index < -0.39 is 28.0 Å². The Hall–Kier alpha value is -3.89. The molecular weight excluding hydrogens is 470 g/mol.